The summed E-state index contributed by atoms with van der Waals surface area (Å²) in [5.41, 5.74) is 3.36. The van der Waals surface area contributed by atoms with Crippen LogP contribution in [0.2, 0.25) is 0 Å². The van der Waals surface area contributed by atoms with Crippen LogP contribution in [0.15, 0.2) is 47.4 Å². The number of para-hydroxylation sites is 1. The Morgan fingerprint density at radius 1 is 0.914 bits per heavy atom. The molecule has 1 aliphatic heterocycles. The molecule has 2 fully saturated rings. The second-order valence-electron chi connectivity index (χ2n) is 9.66. The Kier molecular flexibility index (Phi) is 6.91. The highest BCUT2D eigenvalue weighted by Gasteiger charge is 2.30. The number of carbonyl (C=O) groups excluding carboxylic acids is 2. The summed E-state index contributed by atoms with van der Waals surface area (Å²) in [5.74, 6) is -0.396. The molecular formula is C26H32N4O4S. The van der Waals surface area contributed by atoms with Crippen LogP contribution in [-0.2, 0) is 27.7 Å². The van der Waals surface area contributed by atoms with Crippen molar-refractivity contribution in [1.29, 1.82) is 0 Å². The molecule has 0 unspecified atom stereocenters. The highest BCUT2D eigenvalue weighted by Crippen LogP contribution is 2.26. The first-order valence-electron chi connectivity index (χ1n) is 12.4. The highest BCUT2D eigenvalue weighted by atomic mass is 32.2. The minimum absolute atomic E-state index is 0.144. The molecule has 2 aliphatic carbocycles. The topological polar surface area (TPSA) is 98.8 Å². The molecule has 1 saturated heterocycles. The zero-order chi connectivity index (χ0) is 24.4. The summed E-state index contributed by atoms with van der Waals surface area (Å²) in [6.07, 6.45) is 6.21. The van der Waals surface area contributed by atoms with Crippen molar-refractivity contribution in [2.45, 2.75) is 49.5 Å². The van der Waals surface area contributed by atoms with Gasteiger partial charge in [-0.15, -0.1) is 0 Å². The van der Waals surface area contributed by atoms with Gasteiger partial charge in [0.2, 0.25) is 15.9 Å². The number of carbonyl (C=O) groups is 2. The predicted octanol–water partition coefficient (Wildman–Crippen LogP) is 2.40. The van der Waals surface area contributed by atoms with Gasteiger partial charge in [-0.3, -0.25) is 14.5 Å². The van der Waals surface area contributed by atoms with Crippen molar-refractivity contribution in [3.63, 3.8) is 0 Å². The normalized spacial score (nSPS) is 19.1. The molecule has 0 aromatic heterocycles. The van der Waals surface area contributed by atoms with Crippen molar-refractivity contribution >= 4 is 27.5 Å². The largest absolute Gasteiger partial charge is 0.349 e. The Balaban J connectivity index is 1.16. The maximum Gasteiger partial charge on any atom is 0.253 e. The molecule has 0 bridgehead atoms. The number of piperazine rings is 1. The lowest BCUT2D eigenvalue weighted by molar-refractivity contribution is -0.117. The standard InChI is InChI=1S/C26H32N4O4S/c31-25(28-24-8-4-3-7-23(24)26(32)27-21-10-11-21)18-29-13-15-30(16-14-29)35(33,34)22-12-9-19-5-1-2-6-20(19)17-22/h3-4,7-9,12,17,21H,1-2,5-6,10-11,13-16,18H2,(H,27,32)(H,28,31). The summed E-state index contributed by atoms with van der Waals surface area (Å²) in [6.45, 7) is 1.77. The van der Waals surface area contributed by atoms with Gasteiger partial charge in [0.15, 0.2) is 0 Å². The Bertz CT molecular complexity index is 1220. The van der Waals surface area contributed by atoms with Crippen LogP contribution < -0.4 is 10.6 Å². The Hall–Kier alpha value is -2.75. The van der Waals surface area contributed by atoms with Gasteiger partial charge >= 0.3 is 0 Å². The first kappa shape index (κ1) is 24.0. The van der Waals surface area contributed by atoms with Crippen LogP contribution in [-0.4, -0.2) is 68.2 Å². The molecular weight excluding hydrogens is 464 g/mol. The minimum atomic E-state index is -3.55. The fourth-order valence-electron chi connectivity index (χ4n) is 4.82. The van der Waals surface area contributed by atoms with Crippen molar-refractivity contribution in [3.8, 4) is 0 Å². The quantitative estimate of drug-likeness (QED) is 0.613. The van der Waals surface area contributed by atoms with E-state index in [9.17, 15) is 18.0 Å². The van der Waals surface area contributed by atoms with Crippen LogP contribution in [0.25, 0.3) is 0 Å². The van der Waals surface area contributed by atoms with Crippen LogP contribution in [0.3, 0.4) is 0 Å². The first-order chi connectivity index (χ1) is 16.9. The molecule has 2 aromatic carbocycles. The second-order valence-corrected chi connectivity index (χ2v) is 11.6. The van der Waals surface area contributed by atoms with Crippen LogP contribution in [0.4, 0.5) is 5.69 Å². The molecule has 0 spiro atoms. The number of nitrogens with one attached hydrogen (secondary N) is 2. The summed E-state index contributed by atoms with van der Waals surface area (Å²) in [7, 11) is -3.55. The Morgan fingerprint density at radius 3 is 2.37 bits per heavy atom. The van der Waals surface area contributed by atoms with E-state index in [1.54, 1.807) is 30.3 Å². The maximum atomic E-state index is 13.2. The van der Waals surface area contributed by atoms with Gasteiger partial charge in [-0.1, -0.05) is 18.2 Å². The predicted molar refractivity (Wildman–Crippen MR) is 134 cm³/mol. The molecule has 2 aromatic rings. The Morgan fingerprint density at radius 2 is 1.63 bits per heavy atom. The smallest absolute Gasteiger partial charge is 0.253 e. The minimum Gasteiger partial charge on any atom is -0.349 e. The summed E-state index contributed by atoms with van der Waals surface area (Å²) >= 11 is 0. The molecule has 0 atom stereocenters. The third-order valence-corrected chi connectivity index (χ3v) is 8.91. The third-order valence-electron chi connectivity index (χ3n) is 7.01. The number of fused-ring (bicyclic) bond motifs is 1. The van der Waals surface area contributed by atoms with Crippen LogP contribution in [0, 0.1) is 0 Å². The molecule has 8 nitrogen and oxygen atoms in total. The molecule has 0 radical (unpaired) electrons. The molecule has 3 aliphatic rings. The molecule has 1 saturated carbocycles. The number of hydrogen-bond acceptors (Lipinski definition) is 5. The number of anilines is 1. The number of benzene rings is 2. The van der Waals surface area contributed by atoms with Gasteiger partial charge in [-0.05, 0) is 73.9 Å². The van der Waals surface area contributed by atoms with Gasteiger partial charge in [-0.25, -0.2) is 8.42 Å². The average molecular weight is 497 g/mol. The van der Waals surface area contributed by atoms with E-state index in [-0.39, 0.29) is 24.4 Å². The summed E-state index contributed by atoms with van der Waals surface area (Å²) < 4.78 is 27.9. The van der Waals surface area contributed by atoms with Crippen molar-refractivity contribution in [2.24, 2.45) is 0 Å². The number of nitrogens with zero attached hydrogens (tertiary/aromatic N) is 2. The summed E-state index contributed by atoms with van der Waals surface area (Å²) in [6, 6.07) is 12.8. The fraction of sp³-hybridized carbons (Fsp3) is 0.462. The third kappa shape index (κ3) is 5.58. The van der Waals surface area contributed by atoms with Crippen LogP contribution in [0.5, 0.6) is 0 Å². The highest BCUT2D eigenvalue weighted by molar-refractivity contribution is 7.89. The van der Waals surface area contributed by atoms with Crippen molar-refractivity contribution < 1.29 is 18.0 Å². The monoisotopic (exact) mass is 496 g/mol. The molecule has 35 heavy (non-hydrogen) atoms. The molecule has 2 amide bonds. The van der Waals surface area contributed by atoms with Gasteiger partial charge in [0.25, 0.3) is 5.91 Å². The van der Waals surface area contributed by atoms with Gasteiger partial charge in [0.1, 0.15) is 0 Å². The lowest BCUT2D eigenvalue weighted by Gasteiger charge is -2.33. The number of rotatable bonds is 7. The van der Waals surface area contributed by atoms with Gasteiger partial charge in [0, 0.05) is 32.2 Å². The van der Waals surface area contributed by atoms with Crippen molar-refractivity contribution in [2.75, 3.05) is 38.0 Å². The fourth-order valence-corrected chi connectivity index (χ4v) is 6.29. The average Bonchev–Trinajstić information content (AvgIpc) is 3.68. The van der Waals surface area contributed by atoms with Gasteiger partial charge in [0.05, 0.1) is 22.7 Å². The summed E-state index contributed by atoms with van der Waals surface area (Å²) in [5, 5.41) is 5.81. The van der Waals surface area contributed by atoms with Crippen LogP contribution >= 0.6 is 0 Å². The lowest BCUT2D eigenvalue weighted by atomic mass is 9.92. The number of sulfonamides is 1. The molecule has 5 rings (SSSR count). The van der Waals surface area contributed by atoms with Crippen molar-refractivity contribution in [1.82, 2.24) is 14.5 Å². The molecule has 9 heteroatoms. The van der Waals surface area contributed by atoms with E-state index in [1.807, 2.05) is 17.0 Å². The van der Waals surface area contributed by atoms with E-state index in [1.165, 1.54) is 9.87 Å². The molecule has 186 valence electrons. The van der Waals surface area contributed by atoms with E-state index in [0.717, 1.165) is 44.1 Å². The van der Waals surface area contributed by atoms with E-state index in [2.05, 4.69) is 10.6 Å². The van der Waals surface area contributed by atoms with Crippen molar-refractivity contribution in [3.05, 3.63) is 59.2 Å². The maximum absolute atomic E-state index is 13.2. The van der Waals surface area contributed by atoms with E-state index < -0.39 is 10.0 Å². The first-order valence-corrected chi connectivity index (χ1v) is 13.9. The number of hydrogen-bond donors (Lipinski definition) is 2. The zero-order valence-electron chi connectivity index (χ0n) is 19.8. The number of amides is 2. The molecule has 1 heterocycles. The van der Waals surface area contributed by atoms with Crippen LogP contribution in [0.1, 0.15) is 47.2 Å². The summed E-state index contributed by atoms with van der Waals surface area (Å²) in [4.78, 5) is 27.5. The molecule has 2 N–H and O–H groups in total. The van der Waals surface area contributed by atoms with Gasteiger partial charge < -0.3 is 10.6 Å². The van der Waals surface area contributed by atoms with E-state index >= 15 is 0 Å². The van der Waals surface area contributed by atoms with E-state index in [4.69, 9.17) is 0 Å². The van der Waals surface area contributed by atoms with Gasteiger partial charge in [-0.2, -0.15) is 4.31 Å². The van der Waals surface area contributed by atoms with E-state index in [0.29, 0.717) is 42.3 Å². The number of aryl methyl sites for hydroxylation is 2. The zero-order valence-corrected chi connectivity index (χ0v) is 20.6. The SMILES string of the molecule is O=C(CN1CCN(S(=O)(=O)c2ccc3c(c2)CCCC3)CC1)Nc1ccccc1C(=O)NC1CC1. The lowest BCUT2D eigenvalue weighted by Crippen LogP contribution is -2.50. The second kappa shape index (κ2) is 10.1. The Labute approximate surface area is 206 Å².